The van der Waals surface area contributed by atoms with Crippen LogP contribution in [0.1, 0.15) is 30.1 Å². The lowest BCUT2D eigenvalue weighted by Crippen LogP contribution is -2.40. The zero-order valence-corrected chi connectivity index (χ0v) is 13.4. The molecule has 1 fully saturated rings. The van der Waals surface area contributed by atoms with E-state index in [0.717, 1.165) is 12.1 Å². The van der Waals surface area contributed by atoms with Gasteiger partial charge < -0.3 is 20.1 Å². The highest BCUT2D eigenvalue weighted by molar-refractivity contribution is 5.92. The number of primary amides is 1. The molecule has 7 nitrogen and oxygen atoms in total. The standard InChI is InChI=1S/C15H24N4O3/c1-10(2)6-12-7-13(22-17-12)15(21)19-5-4-18(3)8-11(9-19)14(16)20/h7,10-11H,4-6,8-9H2,1-3H3,(H2,16,20)/t11-/m0/s1. The Kier molecular flexibility index (Phi) is 5.18. The Morgan fingerprint density at radius 3 is 2.77 bits per heavy atom. The normalized spacial score (nSPS) is 20.2. The van der Waals surface area contributed by atoms with Gasteiger partial charge in [-0.2, -0.15) is 0 Å². The summed E-state index contributed by atoms with van der Waals surface area (Å²) in [6, 6.07) is 1.69. The average molecular weight is 308 g/mol. The molecule has 2 amide bonds. The van der Waals surface area contributed by atoms with Crippen molar-refractivity contribution in [2.24, 2.45) is 17.6 Å². The Balaban J connectivity index is 2.10. The van der Waals surface area contributed by atoms with Crippen molar-refractivity contribution >= 4 is 11.8 Å². The second kappa shape index (κ2) is 6.91. The lowest BCUT2D eigenvalue weighted by atomic mass is 10.1. The minimum absolute atomic E-state index is 0.225. The number of rotatable bonds is 4. The van der Waals surface area contributed by atoms with Gasteiger partial charge in [0.25, 0.3) is 5.91 Å². The molecule has 2 N–H and O–H groups in total. The molecular weight excluding hydrogens is 284 g/mol. The molecule has 0 radical (unpaired) electrons. The molecule has 7 heteroatoms. The predicted molar refractivity (Wildman–Crippen MR) is 81.1 cm³/mol. The molecule has 0 unspecified atom stereocenters. The number of likely N-dealkylation sites (N-methyl/N-ethyl adjacent to an activating group) is 1. The molecule has 1 aromatic rings. The first kappa shape index (κ1) is 16.5. The zero-order valence-electron chi connectivity index (χ0n) is 13.4. The van der Waals surface area contributed by atoms with E-state index in [1.165, 1.54) is 0 Å². The van der Waals surface area contributed by atoms with E-state index in [1.807, 2.05) is 11.9 Å². The van der Waals surface area contributed by atoms with Gasteiger partial charge in [0.1, 0.15) is 0 Å². The molecule has 0 spiro atoms. The van der Waals surface area contributed by atoms with Crippen LogP contribution in [0.3, 0.4) is 0 Å². The fraction of sp³-hybridized carbons (Fsp3) is 0.667. The Hall–Kier alpha value is -1.89. The van der Waals surface area contributed by atoms with Crippen LogP contribution in [0, 0.1) is 11.8 Å². The van der Waals surface area contributed by atoms with Gasteiger partial charge in [0.05, 0.1) is 11.6 Å². The number of carbonyl (C=O) groups is 2. The summed E-state index contributed by atoms with van der Waals surface area (Å²) in [5.74, 6) is -0.314. The van der Waals surface area contributed by atoms with Gasteiger partial charge in [-0.3, -0.25) is 9.59 Å². The van der Waals surface area contributed by atoms with Gasteiger partial charge >= 0.3 is 0 Å². The summed E-state index contributed by atoms with van der Waals surface area (Å²) >= 11 is 0. The summed E-state index contributed by atoms with van der Waals surface area (Å²) in [6.07, 6.45) is 0.767. The molecule has 1 saturated heterocycles. The number of hydrogen-bond acceptors (Lipinski definition) is 5. The SMILES string of the molecule is CC(C)Cc1cc(C(=O)N2CCN(C)C[C@H](C(N)=O)C2)on1. The number of carbonyl (C=O) groups excluding carboxylic acids is 2. The zero-order chi connectivity index (χ0) is 16.3. The maximum atomic E-state index is 12.5. The largest absolute Gasteiger partial charge is 0.369 e. The molecule has 1 aliphatic heterocycles. The number of hydrogen-bond donors (Lipinski definition) is 1. The summed E-state index contributed by atoms with van der Waals surface area (Å²) in [5.41, 5.74) is 6.19. The molecule has 0 saturated carbocycles. The Labute approximate surface area is 130 Å². The van der Waals surface area contributed by atoms with Crippen LogP contribution in [0.4, 0.5) is 0 Å². The molecule has 1 aliphatic rings. The fourth-order valence-corrected chi connectivity index (χ4v) is 2.62. The van der Waals surface area contributed by atoms with Crippen LogP contribution in [0.25, 0.3) is 0 Å². The average Bonchev–Trinajstić information content (AvgIpc) is 2.79. The van der Waals surface area contributed by atoms with Crippen LogP contribution in [-0.4, -0.2) is 60.0 Å². The van der Waals surface area contributed by atoms with Crippen molar-refractivity contribution in [3.8, 4) is 0 Å². The van der Waals surface area contributed by atoms with Gasteiger partial charge in [0.2, 0.25) is 11.7 Å². The second-order valence-electron chi connectivity index (χ2n) is 6.39. The van der Waals surface area contributed by atoms with Crippen molar-refractivity contribution in [3.05, 3.63) is 17.5 Å². The number of amides is 2. The highest BCUT2D eigenvalue weighted by atomic mass is 16.5. The Morgan fingerprint density at radius 2 is 2.14 bits per heavy atom. The molecule has 122 valence electrons. The van der Waals surface area contributed by atoms with Gasteiger partial charge in [-0.15, -0.1) is 0 Å². The minimum atomic E-state index is -0.385. The van der Waals surface area contributed by atoms with E-state index < -0.39 is 0 Å². The van der Waals surface area contributed by atoms with E-state index in [2.05, 4.69) is 19.0 Å². The van der Waals surface area contributed by atoms with Gasteiger partial charge in [-0.1, -0.05) is 19.0 Å². The highest BCUT2D eigenvalue weighted by Gasteiger charge is 2.29. The fourth-order valence-electron chi connectivity index (χ4n) is 2.62. The van der Waals surface area contributed by atoms with Crippen molar-refractivity contribution < 1.29 is 14.1 Å². The second-order valence-corrected chi connectivity index (χ2v) is 6.39. The van der Waals surface area contributed by atoms with Gasteiger partial charge in [-0.25, -0.2) is 0 Å². The monoisotopic (exact) mass is 308 g/mol. The molecule has 2 rings (SSSR count). The van der Waals surface area contributed by atoms with Crippen LogP contribution in [0.2, 0.25) is 0 Å². The van der Waals surface area contributed by atoms with E-state index in [9.17, 15) is 9.59 Å². The highest BCUT2D eigenvalue weighted by Crippen LogP contribution is 2.15. The van der Waals surface area contributed by atoms with Crippen molar-refractivity contribution in [2.75, 3.05) is 33.2 Å². The first-order valence-electron chi connectivity index (χ1n) is 7.59. The van der Waals surface area contributed by atoms with Gasteiger partial charge in [0, 0.05) is 32.2 Å². The van der Waals surface area contributed by atoms with Crippen molar-refractivity contribution in [3.63, 3.8) is 0 Å². The molecule has 0 aromatic carbocycles. The summed E-state index contributed by atoms with van der Waals surface area (Å²) in [6.45, 7) is 6.28. The van der Waals surface area contributed by atoms with Crippen LogP contribution < -0.4 is 5.73 Å². The molecular formula is C15H24N4O3. The van der Waals surface area contributed by atoms with E-state index in [4.69, 9.17) is 10.3 Å². The predicted octanol–water partition coefficient (Wildman–Crippen LogP) is 0.362. The van der Waals surface area contributed by atoms with E-state index in [-0.39, 0.29) is 23.5 Å². The molecule has 22 heavy (non-hydrogen) atoms. The maximum Gasteiger partial charge on any atom is 0.292 e. The maximum absolute atomic E-state index is 12.5. The Bertz CT molecular complexity index is 541. The molecule has 1 atom stereocenters. The van der Waals surface area contributed by atoms with E-state index >= 15 is 0 Å². The third-order valence-corrected chi connectivity index (χ3v) is 3.80. The number of nitrogens with two attached hydrogens (primary N) is 1. The van der Waals surface area contributed by atoms with E-state index in [1.54, 1.807) is 11.0 Å². The third-order valence-electron chi connectivity index (χ3n) is 3.80. The van der Waals surface area contributed by atoms with Crippen molar-refractivity contribution in [2.45, 2.75) is 20.3 Å². The Morgan fingerprint density at radius 1 is 1.41 bits per heavy atom. The summed E-state index contributed by atoms with van der Waals surface area (Å²) in [4.78, 5) is 27.7. The lowest BCUT2D eigenvalue weighted by Gasteiger charge is -2.21. The van der Waals surface area contributed by atoms with E-state index in [0.29, 0.717) is 32.1 Å². The molecule has 0 aliphatic carbocycles. The smallest absolute Gasteiger partial charge is 0.292 e. The topological polar surface area (TPSA) is 92.7 Å². The third kappa shape index (κ3) is 4.07. The number of aromatic nitrogens is 1. The summed E-state index contributed by atoms with van der Waals surface area (Å²) < 4.78 is 5.17. The van der Waals surface area contributed by atoms with Crippen molar-refractivity contribution in [1.82, 2.24) is 15.0 Å². The molecule has 2 heterocycles. The number of nitrogens with zero attached hydrogens (tertiary/aromatic N) is 3. The van der Waals surface area contributed by atoms with Crippen LogP contribution >= 0.6 is 0 Å². The first-order chi connectivity index (χ1) is 10.4. The summed E-state index contributed by atoms with van der Waals surface area (Å²) in [7, 11) is 1.92. The molecule has 0 bridgehead atoms. The lowest BCUT2D eigenvalue weighted by molar-refractivity contribution is -0.122. The van der Waals surface area contributed by atoms with Crippen LogP contribution in [0.5, 0.6) is 0 Å². The van der Waals surface area contributed by atoms with Crippen molar-refractivity contribution in [1.29, 1.82) is 0 Å². The van der Waals surface area contributed by atoms with Gasteiger partial charge in [0.15, 0.2) is 0 Å². The van der Waals surface area contributed by atoms with Gasteiger partial charge in [-0.05, 0) is 19.4 Å². The van der Waals surface area contributed by atoms with Crippen LogP contribution in [-0.2, 0) is 11.2 Å². The first-order valence-corrected chi connectivity index (χ1v) is 7.59. The van der Waals surface area contributed by atoms with Crippen LogP contribution in [0.15, 0.2) is 10.6 Å². The quantitative estimate of drug-likeness (QED) is 0.867. The minimum Gasteiger partial charge on any atom is -0.369 e. The summed E-state index contributed by atoms with van der Waals surface area (Å²) in [5, 5.41) is 3.94. The molecule has 1 aromatic heterocycles.